The Morgan fingerprint density at radius 1 is 1.57 bits per heavy atom. The van der Waals surface area contributed by atoms with Gasteiger partial charge in [0.1, 0.15) is 0 Å². The fourth-order valence-corrected chi connectivity index (χ4v) is 2.15. The lowest BCUT2D eigenvalue weighted by atomic mass is 9.75. The van der Waals surface area contributed by atoms with Gasteiger partial charge in [-0.25, -0.2) is 0 Å². The Morgan fingerprint density at radius 2 is 2.21 bits per heavy atom. The molecule has 3 N–H and O–H groups in total. The number of carbonyl (C=O) groups is 1. The molecule has 82 valence electrons. The van der Waals surface area contributed by atoms with E-state index in [2.05, 4.69) is 19.2 Å². The summed E-state index contributed by atoms with van der Waals surface area (Å²) in [5, 5.41) is 3.01. The molecule has 0 aromatic carbocycles. The van der Waals surface area contributed by atoms with Gasteiger partial charge in [0, 0.05) is 6.04 Å². The first-order valence-corrected chi connectivity index (χ1v) is 5.47. The van der Waals surface area contributed by atoms with Crippen LogP contribution in [0.1, 0.15) is 46.5 Å². The number of hydrogen-bond acceptors (Lipinski definition) is 2. The largest absolute Gasteiger partial charge is 0.352 e. The average molecular weight is 198 g/mol. The van der Waals surface area contributed by atoms with Crippen LogP contribution >= 0.6 is 0 Å². The summed E-state index contributed by atoms with van der Waals surface area (Å²) in [6.07, 6.45) is 4.64. The highest BCUT2D eigenvalue weighted by molar-refractivity contribution is 5.81. The molecule has 0 aromatic heterocycles. The summed E-state index contributed by atoms with van der Waals surface area (Å²) in [5.74, 6) is -0.0206. The average Bonchev–Trinajstić information content (AvgIpc) is 2.01. The summed E-state index contributed by atoms with van der Waals surface area (Å²) in [6, 6.07) is -0.0581. The molecule has 1 aliphatic rings. The Hall–Kier alpha value is -0.570. The van der Waals surface area contributed by atoms with Gasteiger partial charge in [-0.15, -0.1) is 0 Å². The maximum atomic E-state index is 11.4. The third kappa shape index (κ3) is 3.29. The summed E-state index contributed by atoms with van der Waals surface area (Å²) in [4.78, 5) is 11.4. The fourth-order valence-electron chi connectivity index (χ4n) is 2.15. The predicted octanol–water partition coefficient (Wildman–Crippen LogP) is 1.42. The third-order valence-electron chi connectivity index (χ3n) is 2.97. The van der Waals surface area contributed by atoms with E-state index in [0.29, 0.717) is 11.5 Å². The second-order valence-electron chi connectivity index (χ2n) is 5.25. The normalized spacial score (nSPS) is 28.1. The van der Waals surface area contributed by atoms with Crippen molar-refractivity contribution in [1.82, 2.24) is 5.32 Å². The van der Waals surface area contributed by atoms with Crippen LogP contribution in [0.3, 0.4) is 0 Å². The highest BCUT2D eigenvalue weighted by Gasteiger charge is 2.28. The molecule has 0 saturated heterocycles. The zero-order valence-corrected chi connectivity index (χ0v) is 9.47. The molecule has 1 rings (SSSR count). The summed E-state index contributed by atoms with van der Waals surface area (Å²) in [6.45, 7) is 6.25. The molecule has 0 aliphatic heterocycles. The Morgan fingerprint density at radius 3 is 2.71 bits per heavy atom. The second-order valence-corrected chi connectivity index (χ2v) is 5.25. The van der Waals surface area contributed by atoms with Gasteiger partial charge in [-0.2, -0.15) is 0 Å². The summed E-state index contributed by atoms with van der Waals surface area (Å²) >= 11 is 0. The van der Waals surface area contributed by atoms with Crippen molar-refractivity contribution < 1.29 is 4.79 Å². The molecule has 14 heavy (non-hydrogen) atoms. The lowest BCUT2D eigenvalue weighted by Gasteiger charge is -2.35. The SMILES string of the molecule is C[C@H](N)C(=O)NC1CCCC(C)(C)C1. The van der Waals surface area contributed by atoms with Gasteiger partial charge < -0.3 is 11.1 Å². The lowest BCUT2D eigenvalue weighted by molar-refractivity contribution is -0.123. The van der Waals surface area contributed by atoms with Gasteiger partial charge in [-0.3, -0.25) is 4.79 Å². The molecular formula is C11H22N2O. The summed E-state index contributed by atoms with van der Waals surface area (Å²) in [5.41, 5.74) is 5.88. The molecule has 0 heterocycles. The van der Waals surface area contributed by atoms with Crippen LogP contribution < -0.4 is 11.1 Å². The Kier molecular flexibility index (Phi) is 3.53. The van der Waals surface area contributed by atoms with Gasteiger partial charge in [0.15, 0.2) is 0 Å². The van der Waals surface area contributed by atoms with E-state index >= 15 is 0 Å². The van der Waals surface area contributed by atoms with E-state index in [1.165, 1.54) is 12.8 Å². The van der Waals surface area contributed by atoms with Crippen molar-refractivity contribution in [2.24, 2.45) is 11.1 Å². The lowest BCUT2D eigenvalue weighted by Crippen LogP contribution is -2.46. The zero-order chi connectivity index (χ0) is 10.8. The van der Waals surface area contributed by atoms with E-state index in [4.69, 9.17) is 5.73 Å². The van der Waals surface area contributed by atoms with Crippen molar-refractivity contribution in [1.29, 1.82) is 0 Å². The van der Waals surface area contributed by atoms with Gasteiger partial charge in [0.2, 0.25) is 5.91 Å². The van der Waals surface area contributed by atoms with Crippen molar-refractivity contribution in [2.75, 3.05) is 0 Å². The number of amides is 1. The van der Waals surface area contributed by atoms with E-state index in [0.717, 1.165) is 12.8 Å². The van der Waals surface area contributed by atoms with Crippen molar-refractivity contribution in [3.05, 3.63) is 0 Å². The Labute approximate surface area is 86.4 Å². The quantitative estimate of drug-likeness (QED) is 0.705. The zero-order valence-electron chi connectivity index (χ0n) is 9.47. The molecule has 1 saturated carbocycles. The van der Waals surface area contributed by atoms with Crippen molar-refractivity contribution in [2.45, 2.75) is 58.5 Å². The predicted molar refractivity (Wildman–Crippen MR) is 57.8 cm³/mol. The van der Waals surface area contributed by atoms with E-state index in [1.807, 2.05) is 0 Å². The molecule has 0 radical (unpaired) electrons. The molecule has 3 nitrogen and oxygen atoms in total. The Balaban J connectivity index is 2.42. The van der Waals surface area contributed by atoms with Crippen LogP contribution in [-0.4, -0.2) is 18.0 Å². The molecule has 0 spiro atoms. The highest BCUT2D eigenvalue weighted by Crippen LogP contribution is 2.34. The number of hydrogen-bond donors (Lipinski definition) is 2. The summed E-state index contributed by atoms with van der Waals surface area (Å²) < 4.78 is 0. The summed E-state index contributed by atoms with van der Waals surface area (Å²) in [7, 11) is 0. The first kappa shape index (κ1) is 11.5. The molecule has 1 aliphatic carbocycles. The topological polar surface area (TPSA) is 55.1 Å². The van der Waals surface area contributed by atoms with Crippen molar-refractivity contribution >= 4 is 5.91 Å². The second kappa shape index (κ2) is 4.30. The molecular weight excluding hydrogens is 176 g/mol. The number of carbonyl (C=O) groups excluding carboxylic acids is 1. The third-order valence-corrected chi connectivity index (χ3v) is 2.97. The van der Waals surface area contributed by atoms with Crippen molar-refractivity contribution in [3.63, 3.8) is 0 Å². The molecule has 0 aromatic rings. The molecule has 2 atom stereocenters. The van der Waals surface area contributed by atoms with Crippen LogP contribution in [-0.2, 0) is 4.79 Å². The van der Waals surface area contributed by atoms with Gasteiger partial charge in [0.25, 0.3) is 0 Å². The van der Waals surface area contributed by atoms with Crippen LogP contribution in [0, 0.1) is 5.41 Å². The monoisotopic (exact) mass is 198 g/mol. The van der Waals surface area contributed by atoms with Crippen molar-refractivity contribution in [3.8, 4) is 0 Å². The first-order chi connectivity index (χ1) is 6.41. The smallest absolute Gasteiger partial charge is 0.236 e. The molecule has 1 unspecified atom stereocenters. The number of nitrogens with two attached hydrogens (primary N) is 1. The van der Waals surface area contributed by atoms with Gasteiger partial charge >= 0.3 is 0 Å². The van der Waals surface area contributed by atoms with E-state index < -0.39 is 0 Å². The first-order valence-electron chi connectivity index (χ1n) is 5.47. The van der Waals surface area contributed by atoms with Crippen LogP contribution in [0.4, 0.5) is 0 Å². The van der Waals surface area contributed by atoms with Gasteiger partial charge in [-0.1, -0.05) is 20.3 Å². The highest BCUT2D eigenvalue weighted by atomic mass is 16.2. The molecule has 1 fully saturated rings. The standard InChI is InChI=1S/C11H22N2O/c1-8(12)10(14)13-9-5-4-6-11(2,3)7-9/h8-9H,4-7,12H2,1-3H3,(H,13,14)/t8-,9?/m0/s1. The minimum atomic E-state index is -0.389. The van der Waals surface area contributed by atoms with Crippen LogP contribution in [0.2, 0.25) is 0 Å². The van der Waals surface area contributed by atoms with E-state index in [1.54, 1.807) is 6.92 Å². The maximum Gasteiger partial charge on any atom is 0.236 e. The van der Waals surface area contributed by atoms with E-state index in [-0.39, 0.29) is 11.9 Å². The number of rotatable bonds is 2. The fraction of sp³-hybridized carbons (Fsp3) is 0.909. The molecule has 1 amide bonds. The van der Waals surface area contributed by atoms with Gasteiger partial charge in [0.05, 0.1) is 6.04 Å². The Bertz CT molecular complexity index is 211. The van der Waals surface area contributed by atoms with Crippen LogP contribution in [0.5, 0.6) is 0 Å². The van der Waals surface area contributed by atoms with Crippen LogP contribution in [0.25, 0.3) is 0 Å². The van der Waals surface area contributed by atoms with Crippen LogP contribution in [0.15, 0.2) is 0 Å². The van der Waals surface area contributed by atoms with Gasteiger partial charge in [-0.05, 0) is 31.6 Å². The minimum Gasteiger partial charge on any atom is -0.352 e. The minimum absolute atomic E-state index is 0.0206. The molecule has 0 bridgehead atoms. The maximum absolute atomic E-state index is 11.4. The molecule has 3 heteroatoms. The number of nitrogens with one attached hydrogen (secondary N) is 1. The van der Waals surface area contributed by atoms with E-state index in [9.17, 15) is 4.79 Å².